The van der Waals surface area contributed by atoms with E-state index in [1.807, 2.05) is 0 Å². The molecule has 0 bridgehead atoms. The van der Waals surface area contributed by atoms with E-state index in [0.717, 1.165) is 38.3 Å². The van der Waals surface area contributed by atoms with Gasteiger partial charge in [-0.1, -0.05) is 24.3 Å². The number of nitrogens with one attached hydrogen (secondary N) is 1. The second kappa shape index (κ2) is 11.0. The standard InChI is InChI=1S/C23H31N5O3/c1-26-9-11-28(12-10-26)17-19-5-3-18(4-6-19)16-27(2)22(29)15-24-14-21-13-20(23(30)31)7-8-25-21/h3-8,13,24H,9-12,14-17H2,1-2H3,(H,30,31). The highest BCUT2D eigenvalue weighted by atomic mass is 16.4. The van der Waals surface area contributed by atoms with Crippen LogP contribution in [0, 0.1) is 0 Å². The fraction of sp³-hybridized carbons (Fsp3) is 0.435. The molecule has 0 aliphatic carbocycles. The van der Waals surface area contributed by atoms with Crippen LogP contribution in [0.15, 0.2) is 42.6 Å². The Labute approximate surface area is 183 Å². The van der Waals surface area contributed by atoms with Crippen LogP contribution < -0.4 is 5.32 Å². The molecule has 2 N–H and O–H groups in total. The van der Waals surface area contributed by atoms with Crippen LogP contribution in [0.2, 0.25) is 0 Å². The lowest BCUT2D eigenvalue weighted by atomic mass is 10.1. The van der Waals surface area contributed by atoms with Crippen molar-refractivity contribution in [2.75, 3.05) is 46.8 Å². The summed E-state index contributed by atoms with van der Waals surface area (Å²) in [5, 5.41) is 12.1. The average Bonchev–Trinajstić information content (AvgIpc) is 2.76. The number of aromatic carboxylic acids is 1. The molecule has 0 unspecified atom stereocenters. The van der Waals surface area contributed by atoms with Crippen LogP contribution in [0.3, 0.4) is 0 Å². The van der Waals surface area contributed by atoms with Crippen LogP contribution in [0.1, 0.15) is 27.2 Å². The van der Waals surface area contributed by atoms with Gasteiger partial charge in [0.05, 0.1) is 17.8 Å². The van der Waals surface area contributed by atoms with Crippen LogP contribution in [0.5, 0.6) is 0 Å². The van der Waals surface area contributed by atoms with Gasteiger partial charge in [0.15, 0.2) is 0 Å². The van der Waals surface area contributed by atoms with Crippen LogP contribution in [0.25, 0.3) is 0 Å². The minimum Gasteiger partial charge on any atom is -0.478 e. The normalized spacial score (nSPS) is 15.0. The Kier molecular flexibility index (Phi) is 8.11. The van der Waals surface area contributed by atoms with E-state index in [1.54, 1.807) is 11.9 Å². The second-order valence-electron chi connectivity index (χ2n) is 8.09. The van der Waals surface area contributed by atoms with E-state index >= 15 is 0 Å². The number of amides is 1. The SMILES string of the molecule is CN1CCN(Cc2ccc(CN(C)C(=O)CNCc3cc(C(=O)O)ccn3)cc2)CC1. The third-order valence-electron chi connectivity index (χ3n) is 5.52. The maximum Gasteiger partial charge on any atom is 0.335 e. The quantitative estimate of drug-likeness (QED) is 0.626. The molecule has 1 aromatic heterocycles. The van der Waals surface area contributed by atoms with Gasteiger partial charge in [-0.15, -0.1) is 0 Å². The summed E-state index contributed by atoms with van der Waals surface area (Å²) in [4.78, 5) is 34.1. The predicted molar refractivity (Wildman–Crippen MR) is 119 cm³/mol. The van der Waals surface area contributed by atoms with Crippen molar-refractivity contribution >= 4 is 11.9 Å². The number of piperazine rings is 1. The predicted octanol–water partition coefficient (Wildman–Crippen LogP) is 1.28. The summed E-state index contributed by atoms with van der Waals surface area (Å²) in [5.41, 5.74) is 3.16. The van der Waals surface area contributed by atoms with Crippen molar-refractivity contribution in [2.24, 2.45) is 0 Å². The number of rotatable bonds is 9. The van der Waals surface area contributed by atoms with Gasteiger partial charge in [0.2, 0.25) is 5.91 Å². The Balaban J connectivity index is 1.42. The Morgan fingerprint density at radius 2 is 1.77 bits per heavy atom. The number of likely N-dealkylation sites (N-methyl/N-ethyl adjacent to an activating group) is 2. The van der Waals surface area contributed by atoms with Gasteiger partial charge in [0.1, 0.15) is 0 Å². The molecule has 8 nitrogen and oxygen atoms in total. The summed E-state index contributed by atoms with van der Waals surface area (Å²) >= 11 is 0. The molecule has 8 heteroatoms. The average molecular weight is 426 g/mol. The molecular weight excluding hydrogens is 394 g/mol. The zero-order valence-corrected chi connectivity index (χ0v) is 18.3. The van der Waals surface area contributed by atoms with Crippen LogP contribution in [0.4, 0.5) is 0 Å². The molecule has 0 atom stereocenters. The van der Waals surface area contributed by atoms with Crippen molar-refractivity contribution in [1.29, 1.82) is 0 Å². The lowest BCUT2D eigenvalue weighted by molar-refractivity contribution is -0.129. The third kappa shape index (κ3) is 7.13. The highest BCUT2D eigenvalue weighted by Crippen LogP contribution is 2.11. The molecule has 1 saturated heterocycles. The molecule has 31 heavy (non-hydrogen) atoms. The summed E-state index contributed by atoms with van der Waals surface area (Å²) in [5.74, 6) is -1.02. The monoisotopic (exact) mass is 425 g/mol. The van der Waals surface area contributed by atoms with Gasteiger partial charge in [-0.3, -0.25) is 14.7 Å². The Morgan fingerprint density at radius 3 is 2.45 bits per heavy atom. The highest BCUT2D eigenvalue weighted by molar-refractivity contribution is 5.87. The molecule has 0 spiro atoms. The summed E-state index contributed by atoms with van der Waals surface area (Å²) in [6.07, 6.45) is 1.46. The molecule has 1 aromatic carbocycles. The zero-order chi connectivity index (χ0) is 22.2. The van der Waals surface area contributed by atoms with Crippen molar-refractivity contribution in [3.8, 4) is 0 Å². The first-order chi connectivity index (χ1) is 14.9. The molecule has 2 aromatic rings. The fourth-order valence-corrected chi connectivity index (χ4v) is 3.52. The molecule has 1 fully saturated rings. The van der Waals surface area contributed by atoms with Crippen molar-refractivity contribution < 1.29 is 14.7 Å². The topological polar surface area (TPSA) is 89.0 Å². The minimum absolute atomic E-state index is 0.0316. The molecular formula is C23H31N5O3. The van der Waals surface area contributed by atoms with E-state index in [4.69, 9.17) is 5.11 Å². The molecule has 166 valence electrons. The smallest absolute Gasteiger partial charge is 0.335 e. The summed E-state index contributed by atoms with van der Waals surface area (Å²) < 4.78 is 0. The first-order valence-electron chi connectivity index (χ1n) is 10.5. The Hall–Kier alpha value is -2.81. The first-order valence-corrected chi connectivity index (χ1v) is 10.5. The van der Waals surface area contributed by atoms with E-state index < -0.39 is 5.97 Å². The molecule has 3 rings (SSSR count). The number of aromatic nitrogens is 1. The van der Waals surface area contributed by atoms with Crippen LogP contribution in [-0.2, 0) is 24.4 Å². The van der Waals surface area contributed by atoms with Gasteiger partial charge in [-0.25, -0.2) is 4.79 Å². The van der Waals surface area contributed by atoms with Gasteiger partial charge in [0, 0.05) is 59.1 Å². The first kappa shape index (κ1) is 22.9. The fourth-order valence-electron chi connectivity index (χ4n) is 3.52. The largest absolute Gasteiger partial charge is 0.478 e. The molecule has 0 radical (unpaired) electrons. The Morgan fingerprint density at radius 1 is 1.10 bits per heavy atom. The number of carbonyl (C=O) groups is 2. The summed E-state index contributed by atoms with van der Waals surface area (Å²) in [7, 11) is 3.94. The van der Waals surface area contributed by atoms with E-state index in [9.17, 15) is 9.59 Å². The van der Waals surface area contributed by atoms with Crippen molar-refractivity contribution in [1.82, 2.24) is 25.0 Å². The third-order valence-corrected chi connectivity index (χ3v) is 5.52. The van der Waals surface area contributed by atoms with Crippen molar-refractivity contribution in [2.45, 2.75) is 19.6 Å². The molecule has 1 aliphatic heterocycles. The van der Waals surface area contributed by atoms with Crippen LogP contribution in [-0.4, -0.2) is 83.5 Å². The maximum absolute atomic E-state index is 12.4. The molecule has 2 heterocycles. The highest BCUT2D eigenvalue weighted by Gasteiger charge is 2.14. The van der Waals surface area contributed by atoms with Crippen molar-refractivity contribution in [3.63, 3.8) is 0 Å². The van der Waals surface area contributed by atoms with E-state index in [2.05, 4.69) is 51.4 Å². The number of carbonyl (C=O) groups excluding carboxylic acids is 1. The number of pyridine rings is 1. The number of carboxylic acid groups (broad SMARTS) is 1. The second-order valence-corrected chi connectivity index (χ2v) is 8.09. The summed E-state index contributed by atoms with van der Waals surface area (Å²) in [6.45, 7) is 6.42. The number of carboxylic acids is 1. The van der Waals surface area contributed by atoms with E-state index in [0.29, 0.717) is 18.8 Å². The maximum atomic E-state index is 12.4. The lowest BCUT2D eigenvalue weighted by Gasteiger charge is -2.32. The van der Waals surface area contributed by atoms with Crippen molar-refractivity contribution in [3.05, 3.63) is 65.0 Å². The van der Waals surface area contributed by atoms with E-state index in [-0.39, 0.29) is 18.0 Å². The minimum atomic E-state index is -0.992. The zero-order valence-electron chi connectivity index (χ0n) is 18.3. The lowest BCUT2D eigenvalue weighted by Crippen LogP contribution is -2.43. The van der Waals surface area contributed by atoms with Gasteiger partial charge in [-0.05, 0) is 30.3 Å². The van der Waals surface area contributed by atoms with Gasteiger partial charge in [0.25, 0.3) is 0 Å². The van der Waals surface area contributed by atoms with Gasteiger partial charge in [-0.2, -0.15) is 0 Å². The molecule has 1 aliphatic rings. The van der Waals surface area contributed by atoms with Crippen LogP contribution >= 0.6 is 0 Å². The van der Waals surface area contributed by atoms with Gasteiger partial charge < -0.3 is 20.2 Å². The Bertz CT molecular complexity index is 879. The summed E-state index contributed by atoms with van der Waals surface area (Å²) in [6, 6.07) is 11.4. The number of nitrogens with zero attached hydrogens (tertiary/aromatic N) is 4. The number of hydrogen-bond donors (Lipinski definition) is 2. The number of hydrogen-bond acceptors (Lipinski definition) is 6. The molecule has 0 saturated carbocycles. The van der Waals surface area contributed by atoms with E-state index in [1.165, 1.54) is 23.9 Å². The number of benzene rings is 1. The molecule has 1 amide bonds. The van der Waals surface area contributed by atoms with Gasteiger partial charge >= 0.3 is 5.97 Å².